The minimum Gasteiger partial charge on any atom is -0.178 e. The number of unbranched alkanes of at least 4 members (excludes halogenated alkanes) is 4. The summed E-state index contributed by atoms with van der Waals surface area (Å²) in [4.78, 5) is 0. The molecule has 0 aliphatic rings. The maximum absolute atomic E-state index is 2.35. The van der Waals surface area contributed by atoms with Gasteiger partial charge in [-0.1, -0.05) is 79.1 Å². The maximum Gasteiger partial charge on any atom is 1.00 e. The Balaban J connectivity index is 0. The molecule has 0 aliphatic heterocycles. The quantitative estimate of drug-likeness (QED) is 0.478. The van der Waals surface area contributed by atoms with Gasteiger partial charge in [0.1, 0.15) is 0 Å². The van der Waals surface area contributed by atoms with Crippen molar-refractivity contribution in [3.05, 3.63) is 0 Å². The summed E-state index contributed by atoms with van der Waals surface area (Å²) in [6.07, 6.45) is 17.6. The molecule has 0 N–H and O–H groups in total. The molecule has 0 saturated heterocycles. The van der Waals surface area contributed by atoms with E-state index in [-0.39, 0.29) is 57.5 Å². The van der Waals surface area contributed by atoms with Gasteiger partial charge in [0, 0.05) is 6.15 Å². The van der Waals surface area contributed by atoms with Crippen LogP contribution < -0.4 is 51.4 Å². The van der Waals surface area contributed by atoms with Gasteiger partial charge in [-0.15, -0.1) is 0 Å². The van der Waals surface area contributed by atoms with Crippen LogP contribution in [0.2, 0.25) is 25.3 Å². The van der Waals surface area contributed by atoms with E-state index in [0.29, 0.717) is 0 Å². The molecule has 0 saturated carbocycles. The van der Waals surface area contributed by atoms with Crippen molar-refractivity contribution in [3.63, 3.8) is 0 Å². The van der Waals surface area contributed by atoms with Crippen molar-refractivity contribution in [3.8, 4) is 0 Å². The Bertz CT molecular complexity index is 122. The largest absolute Gasteiger partial charge is 1.00 e. The van der Waals surface area contributed by atoms with Gasteiger partial charge in [0.15, 0.2) is 0 Å². The Labute approximate surface area is 160 Å². The summed E-state index contributed by atoms with van der Waals surface area (Å²) in [6.45, 7) is 9.39. The van der Waals surface area contributed by atoms with Crippen molar-refractivity contribution in [2.24, 2.45) is 0 Å². The third-order valence-corrected chi connectivity index (χ3v) is 4.68. The predicted molar refractivity (Wildman–Crippen MR) is 84.6 cm³/mol. The first kappa shape index (κ1) is 22.0. The Morgan fingerprint density at radius 2 is 0.722 bits per heavy atom. The molecule has 0 bridgehead atoms. The zero-order chi connectivity index (χ0) is 13.0. The first-order chi connectivity index (χ1) is 8.24. The zero-order valence-electron chi connectivity index (χ0n) is 14.1. The molecule has 0 spiro atoms. The van der Waals surface area contributed by atoms with E-state index in [2.05, 4.69) is 27.7 Å². The summed E-state index contributed by atoms with van der Waals surface area (Å²) < 4.78 is 0. The molecular formula is C16H36BK. The molecule has 0 radical (unpaired) electrons. The molecule has 0 amide bonds. The van der Waals surface area contributed by atoms with Crippen molar-refractivity contribution in [1.82, 2.24) is 0 Å². The van der Waals surface area contributed by atoms with Crippen LogP contribution in [0.5, 0.6) is 0 Å². The Hall–Kier alpha value is 1.70. The maximum atomic E-state index is 2.35. The Morgan fingerprint density at radius 1 is 0.500 bits per heavy atom. The van der Waals surface area contributed by atoms with Crippen LogP contribution in [-0.4, -0.2) is 6.15 Å². The molecular weight excluding hydrogens is 242 g/mol. The summed E-state index contributed by atoms with van der Waals surface area (Å²) in [5.74, 6) is 0. The molecule has 0 atom stereocenters. The average Bonchev–Trinajstić information content (AvgIpc) is 2.37. The van der Waals surface area contributed by atoms with Gasteiger partial charge >= 0.3 is 51.4 Å². The van der Waals surface area contributed by atoms with Crippen LogP contribution in [0.4, 0.5) is 0 Å². The van der Waals surface area contributed by atoms with Gasteiger partial charge in [-0.3, -0.25) is 0 Å². The monoisotopic (exact) mass is 278 g/mol. The van der Waals surface area contributed by atoms with E-state index in [1.807, 2.05) is 0 Å². The molecule has 0 nitrogen and oxygen atoms in total. The van der Waals surface area contributed by atoms with Crippen LogP contribution in [0, 0.1) is 0 Å². The topological polar surface area (TPSA) is 0 Å². The van der Waals surface area contributed by atoms with Gasteiger partial charge < -0.3 is 0 Å². The van der Waals surface area contributed by atoms with Gasteiger partial charge in [-0.05, 0) is 0 Å². The van der Waals surface area contributed by atoms with Crippen molar-refractivity contribution in [2.75, 3.05) is 0 Å². The predicted octanol–water partition coefficient (Wildman–Crippen LogP) is 3.64. The van der Waals surface area contributed by atoms with E-state index in [0.717, 1.165) is 0 Å². The molecule has 104 valence electrons. The molecule has 0 heterocycles. The fourth-order valence-corrected chi connectivity index (χ4v) is 3.41. The molecule has 0 rings (SSSR count). The van der Waals surface area contributed by atoms with Crippen LogP contribution in [0.15, 0.2) is 0 Å². The van der Waals surface area contributed by atoms with Gasteiger partial charge in [0.25, 0.3) is 0 Å². The van der Waals surface area contributed by atoms with Crippen molar-refractivity contribution < 1.29 is 51.4 Å². The number of hydrogen-bond acceptors (Lipinski definition) is 0. The smallest absolute Gasteiger partial charge is 0.178 e. The third-order valence-electron chi connectivity index (χ3n) is 4.68. The molecule has 0 aromatic carbocycles. The summed E-state index contributed by atoms with van der Waals surface area (Å²) in [6, 6.07) is 0. The van der Waals surface area contributed by atoms with Gasteiger partial charge in [-0.2, -0.15) is 25.3 Å². The van der Waals surface area contributed by atoms with E-state index in [9.17, 15) is 0 Å². The summed E-state index contributed by atoms with van der Waals surface area (Å²) in [5.41, 5.74) is 0. The van der Waals surface area contributed by atoms with E-state index < -0.39 is 0 Å². The third kappa shape index (κ3) is 10.5. The van der Waals surface area contributed by atoms with Gasteiger partial charge in [0.05, 0.1) is 0 Å². The minimum absolute atomic E-state index is 0. The number of hydrogen-bond donors (Lipinski definition) is 0. The first-order valence-electron chi connectivity index (χ1n) is 8.46. The Morgan fingerprint density at radius 3 is 0.889 bits per heavy atom. The first-order valence-corrected chi connectivity index (χ1v) is 8.46. The Kier molecular flexibility index (Phi) is 18.4. The van der Waals surface area contributed by atoms with Crippen molar-refractivity contribution in [1.29, 1.82) is 0 Å². The molecule has 0 aliphatic carbocycles. The second kappa shape index (κ2) is 15.1. The average molecular weight is 278 g/mol. The molecule has 0 fully saturated rings. The SMILES string of the molecule is CCCC[B-](CCCC)(CCCC)CCCC.[K+]. The van der Waals surface area contributed by atoms with E-state index in [1.165, 1.54) is 51.4 Å². The van der Waals surface area contributed by atoms with Crippen LogP contribution in [0.1, 0.15) is 79.1 Å². The molecule has 0 aromatic rings. The van der Waals surface area contributed by atoms with Gasteiger partial charge in [-0.25, -0.2) is 0 Å². The van der Waals surface area contributed by atoms with E-state index in [1.54, 1.807) is 25.3 Å². The fraction of sp³-hybridized carbons (Fsp3) is 1.00. The van der Waals surface area contributed by atoms with Crippen molar-refractivity contribution >= 4 is 6.15 Å². The molecule has 0 unspecified atom stereocenters. The molecule has 2 heteroatoms. The minimum atomic E-state index is -0.00722. The van der Waals surface area contributed by atoms with E-state index >= 15 is 0 Å². The normalized spacial score (nSPS) is 11.3. The summed E-state index contributed by atoms with van der Waals surface area (Å²) in [5, 5.41) is 0. The van der Waals surface area contributed by atoms with E-state index in [4.69, 9.17) is 0 Å². The summed E-state index contributed by atoms with van der Waals surface area (Å²) >= 11 is 0. The van der Waals surface area contributed by atoms with Crippen LogP contribution in [-0.2, 0) is 0 Å². The van der Waals surface area contributed by atoms with Crippen LogP contribution >= 0.6 is 0 Å². The summed E-state index contributed by atoms with van der Waals surface area (Å²) in [7, 11) is 0. The number of rotatable bonds is 12. The van der Waals surface area contributed by atoms with Gasteiger partial charge in [0.2, 0.25) is 0 Å². The molecule has 0 aromatic heterocycles. The second-order valence-corrected chi connectivity index (χ2v) is 6.30. The van der Waals surface area contributed by atoms with Crippen LogP contribution in [0.25, 0.3) is 0 Å². The molecule has 18 heavy (non-hydrogen) atoms. The zero-order valence-corrected chi connectivity index (χ0v) is 17.2. The fourth-order valence-electron chi connectivity index (χ4n) is 3.41. The van der Waals surface area contributed by atoms with Crippen LogP contribution in [0.3, 0.4) is 0 Å². The van der Waals surface area contributed by atoms with Crippen molar-refractivity contribution in [2.45, 2.75) is 104 Å². The second-order valence-electron chi connectivity index (χ2n) is 6.30. The standard InChI is InChI=1S/C16H36B.K/c1-5-9-13-17(14-10-6-2,15-11-7-3)16-12-8-4;/h5-16H2,1-4H3;/q-1;+1.